The van der Waals surface area contributed by atoms with E-state index in [1.54, 1.807) is 7.11 Å². The van der Waals surface area contributed by atoms with Gasteiger partial charge in [0.2, 0.25) is 0 Å². The maximum absolute atomic E-state index is 11.8. The summed E-state index contributed by atoms with van der Waals surface area (Å²) in [6.45, 7) is 1.86. The van der Waals surface area contributed by atoms with E-state index in [4.69, 9.17) is 9.84 Å². The van der Waals surface area contributed by atoms with Crippen LogP contribution in [0, 0.1) is 0 Å². The Morgan fingerprint density at radius 2 is 2.17 bits per heavy atom. The molecule has 2 N–H and O–H groups in total. The zero-order valence-electron chi connectivity index (χ0n) is 10.9. The van der Waals surface area contributed by atoms with Crippen LogP contribution in [0.3, 0.4) is 0 Å². The second kappa shape index (κ2) is 7.92. The first kappa shape index (κ1) is 14.8. The number of aliphatic carboxylic acids is 1. The van der Waals surface area contributed by atoms with Crippen LogP contribution in [0.15, 0.2) is 0 Å². The van der Waals surface area contributed by atoms with Crippen molar-refractivity contribution in [3.8, 4) is 0 Å². The first-order chi connectivity index (χ1) is 8.66. The fourth-order valence-corrected chi connectivity index (χ4v) is 2.11. The van der Waals surface area contributed by atoms with Gasteiger partial charge < -0.3 is 20.1 Å². The number of ether oxygens (including phenoxy) is 1. The van der Waals surface area contributed by atoms with Gasteiger partial charge >= 0.3 is 12.0 Å². The monoisotopic (exact) mass is 258 g/mol. The van der Waals surface area contributed by atoms with Gasteiger partial charge in [0.1, 0.15) is 6.04 Å². The van der Waals surface area contributed by atoms with Crippen molar-refractivity contribution in [2.75, 3.05) is 26.8 Å². The van der Waals surface area contributed by atoms with Crippen LogP contribution in [0.2, 0.25) is 0 Å². The molecule has 2 amide bonds. The number of urea groups is 1. The molecule has 0 aliphatic carbocycles. The molecule has 1 heterocycles. The van der Waals surface area contributed by atoms with Crippen molar-refractivity contribution in [3.63, 3.8) is 0 Å². The average molecular weight is 258 g/mol. The Kier molecular flexibility index (Phi) is 6.49. The van der Waals surface area contributed by atoms with Crippen molar-refractivity contribution < 1.29 is 19.4 Å². The Morgan fingerprint density at radius 3 is 2.83 bits per heavy atom. The summed E-state index contributed by atoms with van der Waals surface area (Å²) in [5.41, 5.74) is 0. The van der Waals surface area contributed by atoms with E-state index in [0.717, 1.165) is 32.3 Å². The standard InChI is InChI=1S/C12H22N2O4/c1-18-9-4-2-3-7-13-12(17)14-8-5-6-10(14)11(15)16/h10H,2-9H2,1H3,(H,13,17)(H,15,16). The second-order valence-corrected chi connectivity index (χ2v) is 4.48. The summed E-state index contributed by atoms with van der Waals surface area (Å²) in [6.07, 6.45) is 4.18. The van der Waals surface area contributed by atoms with Gasteiger partial charge in [-0.1, -0.05) is 0 Å². The molecule has 6 nitrogen and oxygen atoms in total. The third kappa shape index (κ3) is 4.52. The van der Waals surface area contributed by atoms with Crippen molar-refractivity contribution in [1.29, 1.82) is 0 Å². The van der Waals surface area contributed by atoms with Crippen LogP contribution >= 0.6 is 0 Å². The van der Waals surface area contributed by atoms with Crippen molar-refractivity contribution >= 4 is 12.0 Å². The zero-order chi connectivity index (χ0) is 13.4. The van der Waals surface area contributed by atoms with Gasteiger partial charge in [0, 0.05) is 26.8 Å². The number of methoxy groups -OCH3 is 1. The minimum atomic E-state index is -0.914. The summed E-state index contributed by atoms with van der Waals surface area (Å²) in [6, 6.07) is -0.912. The third-order valence-electron chi connectivity index (χ3n) is 3.10. The molecular formula is C12H22N2O4. The van der Waals surface area contributed by atoms with E-state index in [1.165, 1.54) is 4.90 Å². The van der Waals surface area contributed by atoms with Gasteiger partial charge in [-0.15, -0.1) is 0 Å². The number of carbonyl (C=O) groups is 2. The topological polar surface area (TPSA) is 78.9 Å². The van der Waals surface area contributed by atoms with E-state index in [9.17, 15) is 9.59 Å². The summed E-state index contributed by atoms with van der Waals surface area (Å²) in [5.74, 6) is -0.914. The van der Waals surface area contributed by atoms with Crippen LogP contribution in [-0.4, -0.2) is 54.9 Å². The lowest BCUT2D eigenvalue weighted by atomic mass is 10.2. The van der Waals surface area contributed by atoms with E-state index in [1.807, 2.05) is 0 Å². The SMILES string of the molecule is COCCCCCNC(=O)N1CCCC1C(=O)O. The highest BCUT2D eigenvalue weighted by molar-refractivity contribution is 5.83. The van der Waals surface area contributed by atoms with Crippen molar-refractivity contribution in [2.24, 2.45) is 0 Å². The predicted molar refractivity (Wildman–Crippen MR) is 66.5 cm³/mol. The van der Waals surface area contributed by atoms with Gasteiger partial charge in [-0.25, -0.2) is 9.59 Å². The molecule has 1 rings (SSSR count). The van der Waals surface area contributed by atoms with E-state index >= 15 is 0 Å². The molecule has 1 fully saturated rings. The number of rotatable bonds is 7. The number of likely N-dealkylation sites (tertiary alicyclic amines) is 1. The van der Waals surface area contributed by atoms with Gasteiger partial charge in [0.15, 0.2) is 0 Å². The number of unbranched alkanes of at least 4 members (excludes halogenated alkanes) is 2. The Bertz CT molecular complexity index is 283. The molecule has 6 heteroatoms. The Hall–Kier alpha value is -1.30. The number of carbonyl (C=O) groups excluding carboxylic acids is 1. The summed E-state index contributed by atoms with van der Waals surface area (Å²) < 4.78 is 4.93. The lowest BCUT2D eigenvalue weighted by Crippen LogP contribution is -2.46. The Morgan fingerprint density at radius 1 is 1.39 bits per heavy atom. The number of hydrogen-bond acceptors (Lipinski definition) is 3. The fraction of sp³-hybridized carbons (Fsp3) is 0.833. The Balaban J connectivity index is 2.18. The smallest absolute Gasteiger partial charge is 0.326 e. The maximum Gasteiger partial charge on any atom is 0.326 e. The van der Waals surface area contributed by atoms with Gasteiger partial charge in [-0.2, -0.15) is 0 Å². The number of nitrogens with one attached hydrogen (secondary N) is 1. The fourth-order valence-electron chi connectivity index (χ4n) is 2.11. The zero-order valence-corrected chi connectivity index (χ0v) is 10.9. The molecule has 0 aromatic carbocycles. The van der Waals surface area contributed by atoms with Crippen molar-refractivity contribution in [1.82, 2.24) is 10.2 Å². The van der Waals surface area contributed by atoms with E-state index in [2.05, 4.69) is 5.32 Å². The number of carboxylic acids is 1. The summed E-state index contributed by atoms with van der Waals surface area (Å²) in [7, 11) is 1.67. The van der Waals surface area contributed by atoms with E-state index < -0.39 is 12.0 Å². The molecule has 1 unspecified atom stereocenters. The highest BCUT2D eigenvalue weighted by Gasteiger charge is 2.33. The minimum Gasteiger partial charge on any atom is -0.480 e. The van der Waals surface area contributed by atoms with Crippen LogP contribution < -0.4 is 5.32 Å². The highest BCUT2D eigenvalue weighted by Crippen LogP contribution is 2.17. The van der Waals surface area contributed by atoms with Gasteiger partial charge in [0.05, 0.1) is 0 Å². The highest BCUT2D eigenvalue weighted by atomic mass is 16.5. The molecule has 1 atom stereocenters. The summed E-state index contributed by atoms with van der Waals surface area (Å²) >= 11 is 0. The molecule has 0 radical (unpaired) electrons. The maximum atomic E-state index is 11.8. The first-order valence-corrected chi connectivity index (χ1v) is 6.43. The lowest BCUT2D eigenvalue weighted by molar-refractivity contribution is -0.141. The molecule has 104 valence electrons. The largest absolute Gasteiger partial charge is 0.480 e. The third-order valence-corrected chi connectivity index (χ3v) is 3.10. The van der Waals surface area contributed by atoms with Crippen molar-refractivity contribution in [3.05, 3.63) is 0 Å². The lowest BCUT2D eigenvalue weighted by Gasteiger charge is -2.21. The summed E-state index contributed by atoms with van der Waals surface area (Å²) in [5, 5.41) is 11.7. The molecule has 0 saturated carbocycles. The minimum absolute atomic E-state index is 0.258. The number of hydrogen-bond donors (Lipinski definition) is 2. The second-order valence-electron chi connectivity index (χ2n) is 4.48. The number of amides is 2. The molecule has 0 spiro atoms. The molecule has 1 aliphatic rings. The Labute approximate surface area is 107 Å². The molecule has 0 aromatic rings. The van der Waals surface area contributed by atoms with E-state index in [-0.39, 0.29) is 6.03 Å². The van der Waals surface area contributed by atoms with Gasteiger partial charge in [-0.05, 0) is 32.1 Å². The van der Waals surface area contributed by atoms with Crippen LogP contribution in [-0.2, 0) is 9.53 Å². The quantitative estimate of drug-likeness (QED) is 0.669. The molecule has 1 aliphatic heterocycles. The molecule has 0 bridgehead atoms. The predicted octanol–water partition coefficient (Wildman–Crippen LogP) is 1.06. The van der Waals surface area contributed by atoms with Crippen LogP contribution in [0.25, 0.3) is 0 Å². The molecule has 1 saturated heterocycles. The number of nitrogens with zero attached hydrogens (tertiary/aromatic N) is 1. The van der Waals surface area contributed by atoms with E-state index in [0.29, 0.717) is 19.5 Å². The molecule has 0 aromatic heterocycles. The van der Waals surface area contributed by atoms with Crippen LogP contribution in [0.5, 0.6) is 0 Å². The molecule has 18 heavy (non-hydrogen) atoms. The van der Waals surface area contributed by atoms with Crippen molar-refractivity contribution in [2.45, 2.75) is 38.1 Å². The van der Waals surface area contributed by atoms with Gasteiger partial charge in [0.25, 0.3) is 0 Å². The number of carboxylic acid groups (broad SMARTS) is 1. The normalized spacial score (nSPS) is 18.9. The van der Waals surface area contributed by atoms with Crippen LogP contribution in [0.1, 0.15) is 32.1 Å². The van der Waals surface area contributed by atoms with Crippen LogP contribution in [0.4, 0.5) is 4.79 Å². The average Bonchev–Trinajstić information content (AvgIpc) is 2.82. The molecular weight excluding hydrogens is 236 g/mol. The summed E-state index contributed by atoms with van der Waals surface area (Å²) in [4.78, 5) is 24.1. The van der Waals surface area contributed by atoms with Gasteiger partial charge in [-0.3, -0.25) is 0 Å². The first-order valence-electron chi connectivity index (χ1n) is 6.43.